The zero-order chi connectivity index (χ0) is 39.5. The van der Waals surface area contributed by atoms with Gasteiger partial charge in [-0.25, -0.2) is 28.6 Å². The zero-order valence-electron chi connectivity index (χ0n) is 28.1. The average Bonchev–Trinajstić information content (AvgIpc) is 3.61. The van der Waals surface area contributed by atoms with Crippen molar-refractivity contribution in [2.24, 2.45) is 5.41 Å². The Morgan fingerprint density at radius 3 is 2.33 bits per heavy atom. The molecule has 2 aromatic rings. The van der Waals surface area contributed by atoms with Crippen LogP contribution >= 0.6 is 36.1 Å². The molecule has 3 heterocycles. The molecule has 0 radical (unpaired) electrons. The van der Waals surface area contributed by atoms with Gasteiger partial charge in [0.15, 0.2) is 17.7 Å². The third-order valence-electron chi connectivity index (χ3n) is 6.74. The first kappa shape index (κ1) is 46.0. The maximum absolute atomic E-state index is 12.6. The number of hydrogen-bond acceptors (Lipinski definition) is 18. The predicted octanol–water partition coefficient (Wildman–Crippen LogP) is -1.28. The fraction of sp³-hybridized carbons (Fsp3) is 0.708. The molecule has 7 atom stereocenters. The number of ether oxygens (including phenoxy) is 1. The Hall–Kier alpha value is -2.15. The first-order valence-electron chi connectivity index (χ1n) is 15.2. The maximum Gasteiger partial charge on any atom is 0.481 e. The number of nitrogens with one attached hydrogen (secondary N) is 2. The fourth-order valence-electron chi connectivity index (χ4n) is 4.14. The van der Waals surface area contributed by atoms with Crippen molar-refractivity contribution in [3.63, 3.8) is 0 Å². The Labute approximate surface area is 302 Å². The Kier molecular flexibility index (Phi) is 17.7. The van der Waals surface area contributed by atoms with Gasteiger partial charge in [-0.15, -0.1) is 0 Å². The number of fused-ring (bicyclic) bond motifs is 1. The number of aliphatic hydroxyl groups is 3. The lowest BCUT2D eigenvalue weighted by Gasteiger charge is -2.30. The summed E-state index contributed by atoms with van der Waals surface area (Å²) in [7, 11) is -16.3. The largest absolute Gasteiger partial charge is 0.481 e. The molecule has 0 spiro atoms. The number of phosphoric ester groups is 3. The van der Waals surface area contributed by atoms with Crippen LogP contribution in [-0.4, -0.2) is 129 Å². The molecule has 0 bridgehead atoms. The van der Waals surface area contributed by atoms with Gasteiger partial charge in [0.1, 0.15) is 36.3 Å². The van der Waals surface area contributed by atoms with Crippen LogP contribution in [0.3, 0.4) is 0 Å². The molecule has 24 nitrogen and oxygen atoms in total. The summed E-state index contributed by atoms with van der Waals surface area (Å²) in [5.41, 5.74) is 4.30. The number of nitrogens with two attached hydrogens (primary N) is 1. The molecule has 28 heteroatoms. The summed E-state index contributed by atoms with van der Waals surface area (Å²) in [4.78, 5) is 74.6. The van der Waals surface area contributed by atoms with Gasteiger partial charge in [0, 0.05) is 37.3 Å². The van der Waals surface area contributed by atoms with E-state index < -0.39 is 78.6 Å². The van der Waals surface area contributed by atoms with Crippen LogP contribution in [0, 0.1) is 5.41 Å². The number of anilines is 1. The van der Waals surface area contributed by atoms with Gasteiger partial charge in [0.05, 0.1) is 19.5 Å². The molecule has 1 aliphatic rings. The molecule has 52 heavy (non-hydrogen) atoms. The normalized spacial score (nSPS) is 22.1. The van der Waals surface area contributed by atoms with Crippen molar-refractivity contribution in [3.8, 4) is 0 Å². The quantitative estimate of drug-likeness (QED) is 0.0580. The van der Waals surface area contributed by atoms with Crippen molar-refractivity contribution in [3.05, 3.63) is 12.7 Å². The molecule has 2 amide bonds. The first-order valence-corrected chi connectivity index (χ1v) is 20.3. The van der Waals surface area contributed by atoms with Crippen LogP contribution in [0.5, 0.6) is 0 Å². The SMILES string of the molecule is CC(C)(COP(=O)(O)OP(=O)(O)OC[C@H]1O[C@@H](n2cnc3c(N)ncnc32)[C@H](O)[C@@H]1OP(=O)(O)O)[C@@H](O)C(=O)NCCC(=O)NCCS.CCCO. The van der Waals surface area contributed by atoms with Gasteiger partial charge < -0.3 is 56.0 Å². The van der Waals surface area contributed by atoms with E-state index in [1.54, 1.807) is 0 Å². The van der Waals surface area contributed by atoms with Crippen molar-refractivity contribution in [2.75, 3.05) is 44.4 Å². The van der Waals surface area contributed by atoms with Gasteiger partial charge in [-0.3, -0.25) is 27.7 Å². The van der Waals surface area contributed by atoms with Crippen LogP contribution < -0.4 is 16.4 Å². The average molecular weight is 828 g/mol. The summed E-state index contributed by atoms with van der Waals surface area (Å²) >= 11 is 3.95. The number of hydrogen-bond donors (Lipinski definition) is 11. The van der Waals surface area contributed by atoms with Crippen LogP contribution in [0.15, 0.2) is 12.7 Å². The lowest BCUT2D eigenvalue weighted by atomic mass is 9.87. The molecule has 0 saturated carbocycles. The van der Waals surface area contributed by atoms with Crippen molar-refractivity contribution in [2.45, 2.75) is 64.3 Å². The highest BCUT2D eigenvalue weighted by Crippen LogP contribution is 2.61. The van der Waals surface area contributed by atoms with E-state index in [9.17, 15) is 53.1 Å². The van der Waals surface area contributed by atoms with E-state index in [0.29, 0.717) is 18.9 Å². The van der Waals surface area contributed by atoms with Crippen molar-refractivity contribution >= 4 is 64.9 Å². The fourth-order valence-corrected chi connectivity index (χ4v) is 7.08. The highest BCUT2D eigenvalue weighted by molar-refractivity contribution is 7.80. The second-order valence-corrected chi connectivity index (χ2v) is 16.2. The van der Waals surface area contributed by atoms with Crippen LogP contribution in [-0.2, 0) is 45.9 Å². The molecular weight excluding hydrogens is 783 g/mol. The van der Waals surface area contributed by atoms with Crippen LogP contribution in [0.1, 0.15) is 39.8 Å². The maximum atomic E-state index is 12.6. The molecule has 3 rings (SSSR count). The number of carbonyl (C=O) groups is 2. The lowest BCUT2D eigenvalue weighted by molar-refractivity contribution is -0.137. The Morgan fingerprint density at radius 2 is 1.73 bits per heavy atom. The highest BCUT2D eigenvalue weighted by atomic mass is 32.1. The molecule has 11 N–H and O–H groups in total. The minimum Gasteiger partial charge on any atom is -0.396 e. The summed E-state index contributed by atoms with van der Waals surface area (Å²) in [6.07, 6.45) is -5.86. The second-order valence-electron chi connectivity index (χ2n) is 11.5. The Balaban J connectivity index is 0.00000222. The number of aromatic nitrogens is 4. The molecule has 0 aliphatic carbocycles. The van der Waals surface area contributed by atoms with E-state index in [1.807, 2.05) is 6.92 Å². The van der Waals surface area contributed by atoms with E-state index in [1.165, 1.54) is 13.8 Å². The number of nitrogens with zero attached hydrogens (tertiary/aromatic N) is 4. The summed E-state index contributed by atoms with van der Waals surface area (Å²) in [5, 5.41) is 34.0. The number of imidazole rings is 1. The zero-order valence-corrected chi connectivity index (χ0v) is 31.6. The van der Waals surface area contributed by atoms with Gasteiger partial charge >= 0.3 is 23.5 Å². The Morgan fingerprint density at radius 1 is 1.10 bits per heavy atom. The van der Waals surface area contributed by atoms with Crippen molar-refractivity contribution in [1.82, 2.24) is 30.2 Å². The standard InChI is InChI=1S/C21H36N7O16P3S.C3H8O/c1-21(2,16(31)19(32)24-4-3-12(29)23-5-6-48)8-41-47(38,39)44-46(36,37)40-7-11-15(43-45(33,34)35)14(30)20(42-11)28-10-27-13-17(22)25-9-26-18(13)28;1-2-3-4/h9-11,14-16,20,30-31,48H,3-8H2,1-2H3,(H,23,29)(H,24,32)(H,36,37)(H,38,39)(H2,22,25,26)(H2,33,34,35);4H,2-3H2,1H3/t11-,14-,15-,16+,20-;/m1./s1. The molecule has 0 aromatic carbocycles. The van der Waals surface area contributed by atoms with Gasteiger partial charge in [0.2, 0.25) is 11.8 Å². The number of nitrogen functional groups attached to an aromatic ring is 1. The third-order valence-corrected chi connectivity index (χ3v) is 10.1. The van der Waals surface area contributed by atoms with Crippen molar-refractivity contribution < 1.29 is 80.8 Å². The minimum absolute atomic E-state index is 0.0363. The van der Waals surface area contributed by atoms with Gasteiger partial charge in [-0.05, 0) is 6.42 Å². The van der Waals surface area contributed by atoms with Crippen LogP contribution in [0.2, 0.25) is 0 Å². The van der Waals surface area contributed by atoms with Gasteiger partial charge in [-0.1, -0.05) is 20.8 Å². The highest BCUT2D eigenvalue weighted by Gasteiger charge is 2.50. The summed E-state index contributed by atoms with van der Waals surface area (Å²) in [6.45, 7) is 2.97. The Bertz CT molecular complexity index is 1630. The minimum atomic E-state index is -5.54. The van der Waals surface area contributed by atoms with Crippen molar-refractivity contribution in [1.29, 1.82) is 0 Å². The number of amides is 2. The number of rotatable bonds is 19. The number of phosphoric acid groups is 3. The molecule has 1 saturated heterocycles. The topological polar surface area (TPSA) is 367 Å². The van der Waals surface area contributed by atoms with Crippen LogP contribution in [0.4, 0.5) is 5.82 Å². The number of aliphatic hydroxyl groups excluding tert-OH is 3. The van der Waals surface area contributed by atoms with E-state index in [-0.39, 0.29) is 35.9 Å². The summed E-state index contributed by atoms with van der Waals surface area (Å²) in [5.74, 6) is -0.943. The molecular formula is C24H44N7O17P3S. The predicted molar refractivity (Wildman–Crippen MR) is 181 cm³/mol. The van der Waals surface area contributed by atoms with E-state index in [0.717, 1.165) is 23.6 Å². The second kappa shape index (κ2) is 20.0. The van der Waals surface area contributed by atoms with Gasteiger partial charge in [-0.2, -0.15) is 16.9 Å². The molecule has 2 aromatic heterocycles. The van der Waals surface area contributed by atoms with E-state index in [4.69, 9.17) is 24.6 Å². The molecule has 298 valence electrons. The van der Waals surface area contributed by atoms with E-state index in [2.05, 4.69) is 47.0 Å². The van der Waals surface area contributed by atoms with Gasteiger partial charge in [0.25, 0.3) is 0 Å². The molecule has 2 unspecified atom stereocenters. The first-order chi connectivity index (χ1) is 24.1. The molecule has 1 fully saturated rings. The smallest absolute Gasteiger partial charge is 0.396 e. The number of carbonyl (C=O) groups excluding carboxylic acids is 2. The monoisotopic (exact) mass is 827 g/mol. The van der Waals surface area contributed by atoms with E-state index >= 15 is 0 Å². The summed E-state index contributed by atoms with van der Waals surface area (Å²) < 4.78 is 61.7. The molecule has 1 aliphatic heterocycles. The summed E-state index contributed by atoms with van der Waals surface area (Å²) in [6, 6.07) is 0. The number of thiol groups is 1. The lowest BCUT2D eigenvalue weighted by Crippen LogP contribution is -2.46. The van der Waals surface area contributed by atoms with Crippen LogP contribution in [0.25, 0.3) is 11.2 Å². The third kappa shape index (κ3) is 14.3.